The second kappa shape index (κ2) is 3.35. The molecule has 0 radical (unpaired) electrons. The molecule has 0 saturated carbocycles. The van der Waals surface area contributed by atoms with E-state index in [1.807, 2.05) is 0 Å². The van der Waals surface area contributed by atoms with E-state index in [1.165, 1.54) is 0 Å². The Bertz CT molecular complexity index is 298. The van der Waals surface area contributed by atoms with E-state index in [2.05, 4.69) is 12.6 Å². The fraction of sp³-hybridized carbons (Fsp3) is 0.143. The highest BCUT2D eigenvalue weighted by Gasteiger charge is 2.19. The van der Waals surface area contributed by atoms with E-state index in [9.17, 15) is 17.6 Å². The molecule has 0 aliphatic heterocycles. The van der Waals surface area contributed by atoms with Gasteiger partial charge in [0.25, 0.3) is 6.43 Å². The van der Waals surface area contributed by atoms with Gasteiger partial charge < -0.3 is 0 Å². The average Bonchev–Trinajstić information content (AvgIpc) is 1.97. The van der Waals surface area contributed by atoms with Crippen LogP contribution in [0.3, 0.4) is 0 Å². The first-order valence-electron chi connectivity index (χ1n) is 2.99. The van der Waals surface area contributed by atoms with Crippen LogP contribution in [0.4, 0.5) is 17.6 Å². The summed E-state index contributed by atoms with van der Waals surface area (Å²) < 4.78 is 49.0. The summed E-state index contributed by atoms with van der Waals surface area (Å²) in [6, 6.07) is 1.74. The van der Waals surface area contributed by atoms with Crippen LogP contribution < -0.4 is 0 Å². The topological polar surface area (TPSA) is 0 Å². The molecule has 0 saturated heterocycles. The molecule has 0 unspecified atom stereocenters. The second-order valence-corrected chi connectivity index (χ2v) is 2.58. The van der Waals surface area contributed by atoms with E-state index in [0.29, 0.717) is 0 Å². The first kappa shape index (κ1) is 9.38. The Morgan fingerprint density at radius 3 is 2.17 bits per heavy atom. The van der Waals surface area contributed by atoms with Gasteiger partial charge in [-0.2, -0.15) is 0 Å². The highest BCUT2D eigenvalue weighted by Crippen LogP contribution is 2.29. The molecule has 0 aliphatic rings. The standard InChI is InChI=1S/C7H4F4S/c8-3-1-2-4(12)5(6(3)9)7(10)11/h1-2,7,12H. The Labute approximate surface area is 71.6 Å². The molecule has 0 amide bonds. The third-order valence-electron chi connectivity index (χ3n) is 1.33. The number of hydrogen-bond donors (Lipinski definition) is 1. The van der Waals surface area contributed by atoms with Gasteiger partial charge in [-0.15, -0.1) is 12.6 Å². The first-order chi connectivity index (χ1) is 5.54. The van der Waals surface area contributed by atoms with Gasteiger partial charge in [-0.05, 0) is 12.1 Å². The van der Waals surface area contributed by atoms with E-state index in [0.717, 1.165) is 12.1 Å². The lowest BCUT2D eigenvalue weighted by Crippen LogP contribution is -1.96. The molecule has 1 rings (SSSR count). The van der Waals surface area contributed by atoms with Crippen LogP contribution in [0.5, 0.6) is 0 Å². The summed E-state index contributed by atoms with van der Waals surface area (Å²) in [6.45, 7) is 0. The summed E-state index contributed by atoms with van der Waals surface area (Å²) in [4.78, 5) is -0.246. The van der Waals surface area contributed by atoms with Crippen LogP contribution in [0.15, 0.2) is 17.0 Å². The zero-order valence-electron chi connectivity index (χ0n) is 5.69. The predicted molar refractivity (Wildman–Crippen MR) is 38.6 cm³/mol. The van der Waals surface area contributed by atoms with Crippen LogP contribution in [0, 0.1) is 11.6 Å². The van der Waals surface area contributed by atoms with Crippen molar-refractivity contribution in [3.05, 3.63) is 29.3 Å². The van der Waals surface area contributed by atoms with Crippen molar-refractivity contribution >= 4 is 12.6 Å². The minimum Gasteiger partial charge on any atom is -0.205 e. The molecule has 0 spiro atoms. The van der Waals surface area contributed by atoms with Crippen LogP contribution in [-0.2, 0) is 0 Å². The molecule has 0 heterocycles. The molecule has 0 bridgehead atoms. The SMILES string of the molecule is Fc1ccc(S)c(C(F)F)c1F. The average molecular weight is 196 g/mol. The lowest BCUT2D eigenvalue weighted by molar-refractivity contribution is 0.141. The Morgan fingerprint density at radius 1 is 1.17 bits per heavy atom. The van der Waals surface area contributed by atoms with E-state index in [1.54, 1.807) is 0 Å². The normalized spacial score (nSPS) is 10.8. The number of rotatable bonds is 1. The summed E-state index contributed by atoms with van der Waals surface area (Å²) >= 11 is 3.57. The zero-order chi connectivity index (χ0) is 9.30. The van der Waals surface area contributed by atoms with Gasteiger partial charge in [-0.1, -0.05) is 0 Å². The molecular formula is C7H4F4S. The van der Waals surface area contributed by atoms with Crippen molar-refractivity contribution < 1.29 is 17.6 Å². The van der Waals surface area contributed by atoms with E-state index in [-0.39, 0.29) is 4.90 Å². The van der Waals surface area contributed by atoms with E-state index >= 15 is 0 Å². The maximum Gasteiger partial charge on any atom is 0.267 e. The highest BCUT2D eigenvalue weighted by atomic mass is 32.1. The molecule has 0 aliphatic carbocycles. The van der Waals surface area contributed by atoms with Gasteiger partial charge in [0.15, 0.2) is 11.6 Å². The van der Waals surface area contributed by atoms with Gasteiger partial charge in [0.1, 0.15) is 0 Å². The largest absolute Gasteiger partial charge is 0.267 e. The van der Waals surface area contributed by atoms with Crippen molar-refractivity contribution in [2.75, 3.05) is 0 Å². The smallest absolute Gasteiger partial charge is 0.205 e. The molecule has 0 N–H and O–H groups in total. The van der Waals surface area contributed by atoms with Crippen LogP contribution in [0.25, 0.3) is 0 Å². The first-order valence-corrected chi connectivity index (χ1v) is 3.43. The van der Waals surface area contributed by atoms with Crippen LogP contribution in [0.2, 0.25) is 0 Å². The highest BCUT2D eigenvalue weighted by molar-refractivity contribution is 7.80. The van der Waals surface area contributed by atoms with Gasteiger partial charge in [-0.25, -0.2) is 17.6 Å². The molecule has 66 valence electrons. The predicted octanol–water partition coefficient (Wildman–Crippen LogP) is 3.19. The van der Waals surface area contributed by atoms with Crippen molar-refractivity contribution in [1.82, 2.24) is 0 Å². The Balaban J connectivity index is 3.33. The van der Waals surface area contributed by atoms with Crippen LogP contribution >= 0.6 is 12.6 Å². The number of benzene rings is 1. The van der Waals surface area contributed by atoms with Gasteiger partial charge in [0.05, 0.1) is 5.56 Å². The maximum atomic E-state index is 12.6. The minimum atomic E-state index is -3.05. The third-order valence-corrected chi connectivity index (χ3v) is 1.72. The Kier molecular flexibility index (Phi) is 2.62. The van der Waals surface area contributed by atoms with Crippen molar-refractivity contribution in [3.63, 3.8) is 0 Å². The molecule has 5 heteroatoms. The molecule has 12 heavy (non-hydrogen) atoms. The molecule has 0 nitrogen and oxygen atoms in total. The fourth-order valence-electron chi connectivity index (χ4n) is 0.764. The summed E-state index contributed by atoms with van der Waals surface area (Å²) in [5.41, 5.74) is -0.988. The summed E-state index contributed by atoms with van der Waals surface area (Å²) in [6.07, 6.45) is -3.05. The number of thiol groups is 1. The maximum absolute atomic E-state index is 12.6. The van der Waals surface area contributed by atoms with Crippen molar-refractivity contribution in [3.8, 4) is 0 Å². The minimum absolute atomic E-state index is 0.246. The lowest BCUT2D eigenvalue weighted by Gasteiger charge is -2.04. The van der Waals surface area contributed by atoms with Gasteiger partial charge in [0.2, 0.25) is 0 Å². The summed E-state index contributed by atoms with van der Waals surface area (Å²) in [5, 5.41) is 0. The number of halogens is 4. The quantitative estimate of drug-likeness (QED) is 0.517. The third kappa shape index (κ3) is 1.55. The monoisotopic (exact) mass is 196 g/mol. The van der Waals surface area contributed by atoms with Gasteiger partial charge >= 0.3 is 0 Å². The fourth-order valence-corrected chi connectivity index (χ4v) is 1.03. The molecular weight excluding hydrogens is 192 g/mol. The van der Waals surface area contributed by atoms with E-state index in [4.69, 9.17) is 0 Å². The Hall–Kier alpha value is -0.710. The summed E-state index contributed by atoms with van der Waals surface area (Å²) in [7, 11) is 0. The van der Waals surface area contributed by atoms with Crippen LogP contribution in [-0.4, -0.2) is 0 Å². The van der Waals surface area contributed by atoms with Crippen LogP contribution in [0.1, 0.15) is 12.0 Å². The number of hydrogen-bond acceptors (Lipinski definition) is 1. The van der Waals surface area contributed by atoms with Crippen molar-refractivity contribution in [1.29, 1.82) is 0 Å². The van der Waals surface area contributed by atoms with Crippen molar-refractivity contribution in [2.45, 2.75) is 11.3 Å². The molecule has 1 aromatic rings. The number of alkyl halides is 2. The van der Waals surface area contributed by atoms with Gasteiger partial charge in [0, 0.05) is 4.90 Å². The van der Waals surface area contributed by atoms with Gasteiger partial charge in [-0.3, -0.25) is 0 Å². The molecule has 1 aromatic carbocycles. The van der Waals surface area contributed by atoms with Crippen molar-refractivity contribution in [2.24, 2.45) is 0 Å². The summed E-state index contributed by atoms with van der Waals surface area (Å²) in [5.74, 6) is -2.82. The Morgan fingerprint density at radius 2 is 1.75 bits per heavy atom. The lowest BCUT2D eigenvalue weighted by atomic mass is 10.2. The zero-order valence-corrected chi connectivity index (χ0v) is 6.59. The molecule has 0 atom stereocenters. The molecule has 0 fully saturated rings. The second-order valence-electron chi connectivity index (χ2n) is 2.09. The van der Waals surface area contributed by atoms with E-state index < -0.39 is 23.6 Å². The molecule has 0 aromatic heterocycles.